The second kappa shape index (κ2) is 6.02. The quantitative estimate of drug-likeness (QED) is 0.378. The largest absolute Gasteiger partial charge is 0.302 e. The molecule has 0 saturated heterocycles. The summed E-state index contributed by atoms with van der Waals surface area (Å²) in [5, 5.41) is 0. The van der Waals surface area contributed by atoms with Gasteiger partial charge in [0.2, 0.25) is 0 Å². The summed E-state index contributed by atoms with van der Waals surface area (Å²) in [6.07, 6.45) is 7.98. The second-order valence-corrected chi connectivity index (χ2v) is 4.07. The van der Waals surface area contributed by atoms with Crippen LogP contribution in [0.3, 0.4) is 0 Å². The molecule has 0 heterocycles. The van der Waals surface area contributed by atoms with Gasteiger partial charge in [0.05, 0.1) is 0 Å². The fourth-order valence-electron chi connectivity index (χ4n) is 1.68. The van der Waals surface area contributed by atoms with Gasteiger partial charge < -0.3 is 4.90 Å². The highest BCUT2D eigenvalue weighted by atomic mass is 15.3. The van der Waals surface area contributed by atoms with Crippen molar-refractivity contribution in [3.05, 3.63) is 0 Å². The van der Waals surface area contributed by atoms with Crippen LogP contribution in [0.4, 0.5) is 0 Å². The normalized spacial score (nSPS) is 17.5. The Morgan fingerprint density at radius 3 is 2.43 bits per heavy atom. The first-order valence-corrected chi connectivity index (χ1v) is 5.10. The number of nitrogens with zero attached hydrogens (tertiary/aromatic N) is 1. The molecule has 0 saturated carbocycles. The minimum atomic E-state index is 0.0611. The van der Waals surface area contributed by atoms with Gasteiger partial charge in [-0.2, -0.15) is 0 Å². The van der Waals surface area contributed by atoms with Gasteiger partial charge >= 0.3 is 0 Å². The molecular weight excluding hydrogens is 174 g/mol. The van der Waals surface area contributed by atoms with Gasteiger partial charge in [-0.15, -0.1) is 12.3 Å². The Bertz CT molecular complexity index is 195. The summed E-state index contributed by atoms with van der Waals surface area (Å²) < 4.78 is 0. The molecule has 3 heteroatoms. The lowest BCUT2D eigenvalue weighted by Crippen LogP contribution is -2.58. The topological polar surface area (TPSA) is 41.3 Å². The van der Waals surface area contributed by atoms with E-state index in [1.165, 1.54) is 0 Å². The Kier molecular flexibility index (Phi) is 5.78. The predicted molar refractivity (Wildman–Crippen MR) is 61.6 cm³/mol. The average molecular weight is 197 g/mol. The van der Waals surface area contributed by atoms with Crippen LogP contribution in [-0.2, 0) is 0 Å². The molecule has 3 nitrogen and oxygen atoms in total. The maximum atomic E-state index is 5.57. The number of hydrazine groups is 1. The Morgan fingerprint density at radius 1 is 1.57 bits per heavy atom. The fourth-order valence-corrected chi connectivity index (χ4v) is 1.68. The minimum absolute atomic E-state index is 0.0611. The molecule has 0 aliphatic carbocycles. The monoisotopic (exact) mass is 197 g/mol. The van der Waals surface area contributed by atoms with Crippen LogP contribution < -0.4 is 11.3 Å². The van der Waals surface area contributed by atoms with E-state index < -0.39 is 0 Å². The Hall–Kier alpha value is -0.560. The molecule has 0 aromatic heterocycles. The molecule has 0 fully saturated rings. The maximum absolute atomic E-state index is 5.57. The van der Waals surface area contributed by atoms with Crippen molar-refractivity contribution in [3.63, 3.8) is 0 Å². The first-order chi connectivity index (χ1) is 6.52. The molecule has 0 radical (unpaired) electrons. The third-order valence-electron chi connectivity index (χ3n) is 3.27. The molecule has 0 rings (SSSR count). The van der Waals surface area contributed by atoms with Crippen molar-refractivity contribution < 1.29 is 0 Å². The molecule has 0 aliphatic heterocycles. The van der Waals surface area contributed by atoms with Crippen molar-refractivity contribution in [2.75, 3.05) is 14.1 Å². The summed E-state index contributed by atoms with van der Waals surface area (Å²) in [6, 6.07) is 0.235. The Labute approximate surface area is 88.0 Å². The lowest BCUT2D eigenvalue weighted by molar-refractivity contribution is 0.109. The summed E-state index contributed by atoms with van der Waals surface area (Å²) in [5.74, 6) is 8.22. The average Bonchev–Trinajstić information content (AvgIpc) is 2.18. The summed E-state index contributed by atoms with van der Waals surface area (Å²) >= 11 is 0. The van der Waals surface area contributed by atoms with Crippen LogP contribution in [0, 0.1) is 12.3 Å². The van der Waals surface area contributed by atoms with Crippen molar-refractivity contribution in [1.82, 2.24) is 10.3 Å². The first-order valence-electron chi connectivity index (χ1n) is 5.10. The van der Waals surface area contributed by atoms with Gasteiger partial charge in [-0.25, -0.2) is 0 Å². The van der Waals surface area contributed by atoms with Crippen molar-refractivity contribution in [2.45, 2.75) is 44.7 Å². The van der Waals surface area contributed by atoms with E-state index in [1.54, 1.807) is 0 Å². The molecule has 14 heavy (non-hydrogen) atoms. The number of terminal acetylenes is 1. The third kappa shape index (κ3) is 2.98. The van der Waals surface area contributed by atoms with Crippen LogP contribution in [-0.4, -0.2) is 30.6 Å². The zero-order chi connectivity index (χ0) is 11.2. The second-order valence-electron chi connectivity index (χ2n) is 4.07. The highest BCUT2D eigenvalue weighted by Gasteiger charge is 2.33. The van der Waals surface area contributed by atoms with Gasteiger partial charge in [-0.1, -0.05) is 6.92 Å². The molecule has 0 aromatic rings. The van der Waals surface area contributed by atoms with E-state index in [2.05, 4.69) is 44.2 Å². The summed E-state index contributed by atoms with van der Waals surface area (Å²) in [5.41, 5.74) is 2.93. The number of hydrogen-bond donors (Lipinski definition) is 2. The molecule has 2 atom stereocenters. The van der Waals surface area contributed by atoms with Crippen LogP contribution >= 0.6 is 0 Å². The number of rotatable bonds is 6. The zero-order valence-electron chi connectivity index (χ0n) is 9.80. The molecule has 0 amide bonds. The number of nitrogens with one attached hydrogen (secondary N) is 1. The fraction of sp³-hybridized carbons (Fsp3) is 0.818. The number of likely N-dealkylation sites (N-methyl/N-ethyl adjacent to an activating group) is 1. The SMILES string of the molecule is C#CCCC(NN)C(C)(CC)N(C)C. The lowest BCUT2D eigenvalue weighted by Gasteiger charge is -2.42. The van der Waals surface area contributed by atoms with Crippen LogP contribution in [0.25, 0.3) is 0 Å². The maximum Gasteiger partial charge on any atom is 0.0400 e. The van der Waals surface area contributed by atoms with Crippen molar-refractivity contribution in [3.8, 4) is 12.3 Å². The van der Waals surface area contributed by atoms with E-state index >= 15 is 0 Å². The van der Waals surface area contributed by atoms with Gasteiger partial charge in [0, 0.05) is 18.0 Å². The van der Waals surface area contributed by atoms with E-state index in [0.717, 1.165) is 19.3 Å². The molecule has 0 spiro atoms. The van der Waals surface area contributed by atoms with Gasteiger partial charge in [-0.05, 0) is 33.9 Å². The smallest absolute Gasteiger partial charge is 0.0400 e. The summed E-state index contributed by atoms with van der Waals surface area (Å²) in [4.78, 5) is 2.20. The third-order valence-corrected chi connectivity index (χ3v) is 3.27. The van der Waals surface area contributed by atoms with Crippen molar-refractivity contribution in [2.24, 2.45) is 5.84 Å². The van der Waals surface area contributed by atoms with E-state index in [1.807, 2.05) is 0 Å². The molecule has 2 unspecified atom stereocenters. The van der Waals surface area contributed by atoms with Crippen LogP contribution in [0.15, 0.2) is 0 Å². The molecule has 0 aliphatic rings. The van der Waals surface area contributed by atoms with Crippen LogP contribution in [0.1, 0.15) is 33.1 Å². The lowest BCUT2D eigenvalue weighted by atomic mass is 9.85. The first kappa shape index (κ1) is 13.4. The Balaban J connectivity index is 4.52. The van der Waals surface area contributed by atoms with Crippen molar-refractivity contribution in [1.29, 1.82) is 0 Å². The van der Waals surface area contributed by atoms with E-state index in [4.69, 9.17) is 12.3 Å². The number of hydrogen-bond acceptors (Lipinski definition) is 3. The highest BCUT2D eigenvalue weighted by Crippen LogP contribution is 2.23. The standard InChI is InChI=1S/C11H23N3/c1-6-8-9-10(13-12)11(3,7-2)14(4)5/h1,10,13H,7-9,12H2,2-5H3. The minimum Gasteiger partial charge on any atom is -0.302 e. The van der Waals surface area contributed by atoms with Crippen LogP contribution in [0.5, 0.6) is 0 Å². The summed E-state index contributed by atoms with van der Waals surface area (Å²) in [7, 11) is 4.15. The van der Waals surface area contributed by atoms with E-state index in [-0.39, 0.29) is 11.6 Å². The Morgan fingerprint density at radius 2 is 2.14 bits per heavy atom. The highest BCUT2D eigenvalue weighted by molar-refractivity contribution is 4.96. The molecule has 82 valence electrons. The molecule has 0 bridgehead atoms. The molecule has 0 aromatic carbocycles. The van der Waals surface area contributed by atoms with Gasteiger partial charge in [0.1, 0.15) is 0 Å². The van der Waals surface area contributed by atoms with Gasteiger partial charge in [0.25, 0.3) is 0 Å². The molecule has 3 N–H and O–H groups in total. The molecular formula is C11H23N3. The number of nitrogens with two attached hydrogens (primary N) is 1. The van der Waals surface area contributed by atoms with Gasteiger partial charge in [0.15, 0.2) is 0 Å². The zero-order valence-corrected chi connectivity index (χ0v) is 9.80. The van der Waals surface area contributed by atoms with Crippen LogP contribution in [0.2, 0.25) is 0 Å². The summed E-state index contributed by atoms with van der Waals surface area (Å²) in [6.45, 7) is 4.37. The van der Waals surface area contributed by atoms with Crippen molar-refractivity contribution >= 4 is 0 Å². The van der Waals surface area contributed by atoms with Gasteiger partial charge in [-0.3, -0.25) is 11.3 Å². The van der Waals surface area contributed by atoms with E-state index in [0.29, 0.717) is 0 Å². The van der Waals surface area contributed by atoms with E-state index in [9.17, 15) is 0 Å². The predicted octanol–water partition coefficient (Wildman–Crippen LogP) is 0.962.